The normalized spacial score (nSPS) is 12.5. The average Bonchev–Trinajstić information content (AvgIpc) is 2.29. The van der Waals surface area contributed by atoms with Crippen LogP contribution < -0.4 is 10.5 Å². The quantitative estimate of drug-likeness (QED) is 0.631. The van der Waals surface area contributed by atoms with Crippen LogP contribution in [0.2, 0.25) is 0 Å². The predicted octanol–water partition coefficient (Wildman–Crippen LogP) is 0.267. The molecule has 0 saturated carbocycles. The molecular formula is C11H17NO3. The Morgan fingerprint density at radius 1 is 1.33 bits per heavy atom. The van der Waals surface area contributed by atoms with Gasteiger partial charge in [-0.05, 0) is 6.07 Å². The number of para-hydroxylation sites is 1. The van der Waals surface area contributed by atoms with Crippen molar-refractivity contribution >= 4 is 0 Å². The van der Waals surface area contributed by atoms with Crippen molar-refractivity contribution in [3.63, 3.8) is 0 Å². The third-order valence-electron chi connectivity index (χ3n) is 2.12. The first-order chi connectivity index (χ1) is 7.27. The zero-order valence-corrected chi connectivity index (χ0v) is 8.60. The van der Waals surface area contributed by atoms with Crippen LogP contribution in [0.3, 0.4) is 0 Å². The number of aliphatic hydroxyl groups excluding tert-OH is 2. The molecule has 0 aliphatic rings. The van der Waals surface area contributed by atoms with Crippen molar-refractivity contribution < 1.29 is 14.9 Å². The second-order valence-corrected chi connectivity index (χ2v) is 3.29. The standard InChI is InChI=1S/C11H17NO3/c12-7-10(14)5-6-15-11-4-2-1-3-9(11)8-13/h1-4,10,13-14H,5-8,12H2. The van der Waals surface area contributed by atoms with Gasteiger partial charge in [0, 0.05) is 18.5 Å². The van der Waals surface area contributed by atoms with Crippen molar-refractivity contribution in [2.75, 3.05) is 13.2 Å². The Morgan fingerprint density at radius 2 is 2.07 bits per heavy atom. The van der Waals surface area contributed by atoms with Gasteiger partial charge in [0.05, 0.1) is 19.3 Å². The van der Waals surface area contributed by atoms with E-state index in [0.717, 1.165) is 5.56 Å². The zero-order chi connectivity index (χ0) is 11.1. The van der Waals surface area contributed by atoms with Crippen LogP contribution in [0.5, 0.6) is 5.75 Å². The topological polar surface area (TPSA) is 75.7 Å². The molecule has 0 radical (unpaired) electrons. The molecule has 1 unspecified atom stereocenters. The van der Waals surface area contributed by atoms with Crippen molar-refractivity contribution in [3.8, 4) is 5.75 Å². The summed E-state index contributed by atoms with van der Waals surface area (Å²) in [6.45, 7) is 0.593. The summed E-state index contributed by atoms with van der Waals surface area (Å²) < 4.78 is 5.42. The Kier molecular flexibility index (Phi) is 5.10. The number of hydrogen-bond acceptors (Lipinski definition) is 4. The van der Waals surface area contributed by atoms with E-state index in [9.17, 15) is 5.11 Å². The molecule has 4 N–H and O–H groups in total. The highest BCUT2D eigenvalue weighted by Gasteiger charge is 2.04. The van der Waals surface area contributed by atoms with Crippen LogP contribution in [0.15, 0.2) is 24.3 Å². The van der Waals surface area contributed by atoms with Crippen molar-refractivity contribution in [3.05, 3.63) is 29.8 Å². The van der Waals surface area contributed by atoms with Crippen LogP contribution in [0, 0.1) is 0 Å². The van der Waals surface area contributed by atoms with Crippen LogP contribution in [0.1, 0.15) is 12.0 Å². The Morgan fingerprint density at radius 3 is 2.73 bits per heavy atom. The number of nitrogens with two attached hydrogens (primary N) is 1. The molecule has 1 aromatic rings. The van der Waals surface area contributed by atoms with Gasteiger partial charge in [-0.1, -0.05) is 18.2 Å². The van der Waals surface area contributed by atoms with E-state index < -0.39 is 6.10 Å². The van der Waals surface area contributed by atoms with E-state index >= 15 is 0 Å². The van der Waals surface area contributed by atoms with Gasteiger partial charge >= 0.3 is 0 Å². The van der Waals surface area contributed by atoms with Crippen LogP contribution in [-0.2, 0) is 6.61 Å². The molecule has 0 fully saturated rings. The van der Waals surface area contributed by atoms with Gasteiger partial charge in [-0.3, -0.25) is 0 Å². The third kappa shape index (κ3) is 3.87. The summed E-state index contributed by atoms with van der Waals surface area (Å²) in [5.74, 6) is 0.657. The van der Waals surface area contributed by atoms with E-state index in [2.05, 4.69) is 0 Å². The highest BCUT2D eigenvalue weighted by molar-refractivity contribution is 5.32. The summed E-state index contributed by atoms with van der Waals surface area (Å²) in [5, 5.41) is 18.2. The van der Waals surface area contributed by atoms with Gasteiger partial charge in [0.2, 0.25) is 0 Å². The summed E-state index contributed by atoms with van der Waals surface area (Å²) in [6.07, 6.45) is -0.0257. The van der Waals surface area contributed by atoms with E-state index in [1.807, 2.05) is 12.1 Å². The fourth-order valence-corrected chi connectivity index (χ4v) is 1.20. The molecule has 0 aliphatic carbocycles. The highest BCUT2D eigenvalue weighted by atomic mass is 16.5. The van der Waals surface area contributed by atoms with Gasteiger partial charge in [0.15, 0.2) is 0 Å². The monoisotopic (exact) mass is 211 g/mol. The van der Waals surface area contributed by atoms with Crippen LogP contribution in [-0.4, -0.2) is 29.5 Å². The zero-order valence-electron chi connectivity index (χ0n) is 8.60. The largest absolute Gasteiger partial charge is 0.493 e. The maximum atomic E-state index is 9.21. The van der Waals surface area contributed by atoms with Crippen LogP contribution in [0.4, 0.5) is 0 Å². The van der Waals surface area contributed by atoms with Gasteiger partial charge in [0.25, 0.3) is 0 Å². The maximum Gasteiger partial charge on any atom is 0.124 e. The molecule has 0 bridgehead atoms. The molecule has 0 amide bonds. The fourth-order valence-electron chi connectivity index (χ4n) is 1.20. The minimum absolute atomic E-state index is 0.0460. The molecule has 0 heterocycles. The molecule has 0 spiro atoms. The molecule has 1 rings (SSSR count). The van der Waals surface area contributed by atoms with E-state index in [1.54, 1.807) is 12.1 Å². The third-order valence-corrected chi connectivity index (χ3v) is 2.12. The lowest BCUT2D eigenvalue weighted by molar-refractivity contribution is 0.145. The number of benzene rings is 1. The molecule has 1 aromatic carbocycles. The summed E-state index contributed by atoms with van der Waals surface area (Å²) in [4.78, 5) is 0. The number of rotatable bonds is 6. The lowest BCUT2D eigenvalue weighted by atomic mass is 10.2. The Balaban J connectivity index is 2.43. The molecule has 0 aromatic heterocycles. The summed E-state index contributed by atoms with van der Waals surface area (Å²) in [7, 11) is 0. The van der Waals surface area contributed by atoms with Crippen molar-refractivity contribution in [2.24, 2.45) is 5.73 Å². The predicted molar refractivity (Wildman–Crippen MR) is 57.5 cm³/mol. The Labute approximate surface area is 89.3 Å². The van der Waals surface area contributed by atoms with Gasteiger partial charge in [-0.15, -0.1) is 0 Å². The maximum absolute atomic E-state index is 9.21. The van der Waals surface area contributed by atoms with Gasteiger partial charge in [0.1, 0.15) is 5.75 Å². The molecule has 84 valence electrons. The summed E-state index contributed by atoms with van der Waals surface area (Å²) in [6, 6.07) is 7.27. The Bertz CT molecular complexity index is 291. The Hall–Kier alpha value is -1.10. The van der Waals surface area contributed by atoms with E-state index in [-0.39, 0.29) is 13.2 Å². The summed E-state index contributed by atoms with van der Waals surface area (Å²) >= 11 is 0. The number of aliphatic hydroxyl groups is 2. The van der Waals surface area contributed by atoms with E-state index in [0.29, 0.717) is 18.8 Å². The highest BCUT2D eigenvalue weighted by Crippen LogP contribution is 2.17. The smallest absolute Gasteiger partial charge is 0.124 e. The first kappa shape index (κ1) is 12.0. The molecular weight excluding hydrogens is 194 g/mol. The number of ether oxygens (including phenoxy) is 1. The van der Waals surface area contributed by atoms with Gasteiger partial charge in [-0.25, -0.2) is 0 Å². The molecule has 1 atom stereocenters. The van der Waals surface area contributed by atoms with Gasteiger partial charge in [-0.2, -0.15) is 0 Å². The SMILES string of the molecule is NCC(O)CCOc1ccccc1CO. The average molecular weight is 211 g/mol. The molecule has 4 nitrogen and oxygen atoms in total. The number of hydrogen-bond donors (Lipinski definition) is 3. The minimum Gasteiger partial charge on any atom is -0.493 e. The molecule has 15 heavy (non-hydrogen) atoms. The lowest BCUT2D eigenvalue weighted by Gasteiger charge is -2.11. The first-order valence-corrected chi connectivity index (χ1v) is 4.97. The van der Waals surface area contributed by atoms with Gasteiger partial charge < -0.3 is 20.7 Å². The second kappa shape index (κ2) is 6.40. The van der Waals surface area contributed by atoms with Crippen LogP contribution >= 0.6 is 0 Å². The minimum atomic E-state index is -0.522. The van der Waals surface area contributed by atoms with Crippen molar-refractivity contribution in [1.82, 2.24) is 0 Å². The van der Waals surface area contributed by atoms with E-state index in [1.165, 1.54) is 0 Å². The molecule has 0 saturated heterocycles. The fraction of sp³-hybridized carbons (Fsp3) is 0.455. The lowest BCUT2D eigenvalue weighted by Crippen LogP contribution is -2.22. The first-order valence-electron chi connectivity index (χ1n) is 4.97. The molecule has 0 aliphatic heterocycles. The van der Waals surface area contributed by atoms with Crippen molar-refractivity contribution in [2.45, 2.75) is 19.1 Å². The summed E-state index contributed by atoms with van der Waals surface area (Å²) in [5.41, 5.74) is 6.01. The second-order valence-electron chi connectivity index (χ2n) is 3.29. The van der Waals surface area contributed by atoms with E-state index in [4.69, 9.17) is 15.6 Å². The van der Waals surface area contributed by atoms with Crippen LogP contribution in [0.25, 0.3) is 0 Å². The van der Waals surface area contributed by atoms with Crippen molar-refractivity contribution in [1.29, 1.82) is 0 Å². The molecule has 4 heteroatoms.